The number of nitrogens with zero attached hydrogens (tertiary/aromatic N) is 2. The number of rotatable bonds is 6. The highest BCUT2D eigenvalue weighted by molar-refractivity contribution is 6.33. The van der Waals surface area contributed by atoms with Crippen LogP contribution in [0.5, 0.6) is 5.75 Å². The van der Waals surface area contributed by atoms with Crippen molar-refractivity contribution < 1.29 is 14.3 Å². The third kappa shape index (κ3) is 5.28. The number of carbonyl (C=O) groups is 1. The number of hydrogen-bond acceptors (Lipinski definition) is 5. The lowest BCUT2D eigenvalue weighted by molar-refractivity contribution is 0.137. The molecule has 0 aromatic heterocycles. The zero-order chi connectivity index (χ0) is 19.1. The first kappa shape index (κ1) is 19.3. The average molecular weight is 390 g/mol. The van der Waals surface area contributed by atoms with Crippen LogP contribution in [0.25, 0.3) is 0 Å². The quantitative estimate of drug-likeness (QED) is 0.816. The molecule has 0 aliphatic carbocycles. The third-order valence-electron chi connectivity index (χ3n) is 4.55. The smallest absolute Gasteiger partial charge is 0.411 e. The van der Waals surface area contributed by atoms with Gasteiger partial charge in [-0.3, -0.25) is 10.2 Å². The Balaban J connectivity index is 1.39. The number of carbonyl (C=O) groups excluding carboxylic acids is 1. The number of para-hydroxylation sites is 3. The van der Waals surface area contributed by atoms with Gasteiger partial charge in [0.25, 0.3) is 0 Å². The van der Waals surface area contributed by atoms with Gasteiger partial charge in [0.15, 0.2) is 0 Å². The zero-order valence-electron chi connectivity index (χ0n) is 15.4. The van der Waals surface area contributed by atoms with Crippen molar-refractivity contribution in [3.05, 3.63) is 53.6 Å². The van der Waals surface area contributed by atoms with Gasteiger partial charge in [0, 0.05) is 32.7 Å². The molecule has 0 unspecified atom stereocenters. The minimum absolute atomic E-state index is 0.340. The first-order valence-electron chi connectivity index (χ1n) is 8.96. The van der Waals surface area contributed by atoms with E-state index in [1.807, 2.05) is 36.4 Å². The fourth-order valence-corrected chi connectivity index (χ4v) is 3.34. The number of amides is 1. The molecule has 3 rings (SSSR count). The Morgan fingerprint density at radius 1 is 1.07 bits per heavy atom. The number of nitrogens with one attached hydrogen (secondary N) is 1. The molecule has 1 heterocycles. The maximum atomic E-state index is 12.0. The van der Waals surface area contributed by atoms with Gasteiger partial charge in [0.1, 0.15) is 12.4 Å². The largest absolute Gasteiger partial charge is 0.495 e. The number of methoxy groups -OCH3 is 1. The molecule has 1 amide bonds. The molecular weight excluding hydrogens is 366 g/mol. The number of ether oxygens (including phenoxy) is 2. The minimum Gasteiger partial charge on any atom is -0.495 e. The molecule has 0 saturated carbocycles. The van der Waals surface area contributed by atoms with Crippen LogP contribution in [0.15, 0.2) is 48.5 Å². The molecule has 7 heteroatoms. The molecule has 0 bridgehead atoms. The SMILES string of the molecule is COc1ccccc1NC(=O)OCCN1CCN(c2ccccc2Cl)CC1. The Hall–Kier alpha value is -2.44. The van der Waals surface area contributed by atoms with E-state index in [-0.39, 0.29) is 0 Å². The second-order valence-corrected chi connectivity index (χ2v) is 6.65. The predicted octanol–water partition coefficient (Wildman–Crippen LogP) is 3.72. The van der Waals surface area contributed by atoms with Gasteiger partial charge >= 0.3 is 6.09 Å². The number of anilines is 2. The summed E-state index contributed by atoms with van der Waals surface area (Å²) in [6, 6.07) is 15.1. The van der Waals surface area contributed by atoms with Gasteiger partial charge < -0.3 is 14.4 Å². The van der Waals surface area contributed by atoms with Crippen molar-refractivity contribution in [2.24, 2.45) is 0 Å². The van der Waals surface area contributed by atoms with Crippen LogP contribution in [-0.2, 0) is 4.74 Å². The van der Waals surface area contributed by atoms with E-state index in [1.54, 1.807) is 19.2 Å². The molecule has 1 aliphatic rings. The van der Waals surface area contributed by atoms with E-state index in [4.69, 9.17) is 21.1 Å². The van der Waals surface area contributed by atoms with Gasteiger partial charge in [-0.15, -0.1) is 0 Å². The lowest BCUT2D eigenvalue weighted by atomic mass is 10.2. The number of piperazine rings is 1. The normalized spacial score (nSPS) is 14.7. The van der Waals surface area contributed by atoms with E-state index in [0.717, 1.165) is 36.9 Å². The van der Waals surface area contributed by atoms with Crippen LogP contribution in [0.4, 0.5) is 16.2 Å². The summed E-state index contributed by atoms with van der Waals surface area (Å²) in [5.74, 6) is 0.602. The molecule has 1 N–H and O–H groups in total. The summed E-state index contributed by atoms with van der Waals surface area (Å²) in [4.78, 5) is 16.5. The number of hydrogen-bond donors (Lipinski definition) is 1. The van der Waals surface area contributed by atoms with E-state index >= 15 is 0 Å². The van der Waals surface area contributed by atoms with E-state index in [1.165, 1.54) is 0 Å². The first-order valence-corrected chi connectivity index (χ1v) is 9.34. The molecule has 1 fully saturated rings. The van der Waals surface area contributed by atoms with E-state index in [0.29, 0.717) is 24.6 Å². The van der Waals surface area contributed by atoms with Crippen molar-refractivity contribution in [3.63, 3.8) is 0 Å². The lowest BCUT2D eigenvalue weighted by Gasteiger charge is -2.36. The highest BCUT2D eigenvalue weighted by Gasteiger charge is 2.19. The third-order valence-corrected chi connectivity index (χ3v) is 4.87. The molecule has 1 saturated heterocycles. The fourth-order valence-electron chi connectivity index (χ4n) is 3.08. The summed E-state index contributed by atoms with van der Waals surface area (Å²) < 4.78 is 10.5. The first-order chi connectivity index (χ1) is 13.2. The van der Waals surface area contributed by atoms with E-state index in [2.05, 4.69) is 15.1 Å². The topological polar surface area (TPSA) is 54.0 Å². The molecule has 6 nitrogen and oxygen atoms in total. The second-order valence-electron chi connectivity index (χ2n) is 6.24. The van der Waals surface area contributed by atoms with E-state index in [9.17, 15) is 4.79 Å². The maximum absolute atomic E-state index is 12.0. The van der Waals surface area contributed by atoms with Crippen LogP contribution in [-0.4, -0.2) is 57.4 Å². The standard InChI is InChI=1S/C20H24ClN3O3/c1-26-19-9-5-3-7-17(19)22-20(25)27-15-14-23-10-12-24(13-11-23)18-8-4-2-6-16(18)21/h2-9H,10-15H2,1H3,(H,22,25). The van der Waals surface area contributed by atoms with Crippen molar-refractivity contribution in [3.8, 4) is 5.75 Å². The van der Waals surface area contributed by atoms with Gasteiger partial charge in [-0.1, -0.05) is 35.9 Å². The molecule has 0 spiro atoms. The van der Waals surface area contributed by atoms with Crippen LogP contribution >= 0.6 is 11.6 Å². The Kier molecular flexibility index (Phi) is 6.79. The van der Waals surface area contributed by atoms with Gasteiger partial charge in [0.2, 0.25) is 0 Å². The molecule has 1 aliphatic heterocycles. The van der Waals surface area contributed by atoms with Crippen molar-refractivity contribution in [2.75, 3.05) is 56.7 Å². The Morgan fingerprint density at radius 3 is 2.52 bits per heavy atom. The Bertz CT molecular complexity index is 764. The molecule has 2 aromatic carbocycles. The molecule has 27 heavy (non-hydrogen) atoms. The van der Waals surface area contributed by atoms with Crippen molar-refractivity contribution in [1.29, 1.82) is 0 Å². The van der Waals surface area contributed by atoms with Crippen LogP contribution in [0, 0.1) is 0 Å². The van der Waals surface area contributed by atoms with Gasteiger partial charge in [-0.05, 0) is 24.3 Å². The molecule has 2 aromatic rings. The predicted molar refractivity (Wildman–Crippen MR) is 108 cm³/mol. The Labute approximate surface area is 164 Å². The summed E-state index contributed by atoms with van der Waals surface area (Å²) in [5.41, 5.74) is 1.67. The van der Waals surface area contributed by atoms with Crippen molar-refractivity contribution in [2.45, 2.75) is 0 Å². The highest BCUT2D eigenvalue weighted by Crippen LogP contribution is 2.26. The summed E-state index contributed by atoms with van der Waals surface area (Å²) in [6.07, 6.45) is -0.478. The Morgan fingerprint density at radius 2 is 1.78 bits per heavy atom. The fraction of sp³-hybridized carbons (Fsp3) is 0.350. The average Bonchev–Trinajstić information content (AvgIpc) is 2.69. The summed E-state index contributed by atoms with van der Waals surface area (Å²) in [6.45, 7) is 4.66. The number of benzene rings is 2. The van der Waals surface area contributed by atoms with Crippen molar-refractivity contribution >= 4 is 29.1 Å². The zero-order valence-corrected chi connectivity index (χ0v) is 16.1. The minimum atomic E-state index is -0.478. The molecule has 0 atom stereocenters. The lowest BCUT2D eigenvalue weighted by Crippen LogP contribution is -2.47. The van der Waals surface area contributed by atoms with E-state index < -0.39 is 6.09 Å². The van der Waals surface area contributed by atoms with Gasteiger partial charge in [-0.2, -0.15) is 0 Å². The van der Waals surface area contributed by atoms with Gasteiger partial charge in [-0.25, -0.2) is 4.79 Å². The van der Waals surface area contributed by atoms with Crippen LogP contribution in [0.2, 0.25) is 5.02 Å². The molecule has 144 valence electrons. The summed E-state index contributed by atoms with van der Waals surface area (Å²) >= 11 is 6.27. The number of halogens is 1. The molecular formula is C20H24ClN3O3. The maximum Gasteiger partial charge on any atom is 0.411 e. The van der Waals surface area contributed by atoms with Crippen molar-refractivity contribution in [1.82, 2.24) is 4.90 Å². The monoisotopic (exact) mass is 389 g/mol. The van der Waals surface area contributed by atoms with Crippen LogP contribution in [0.3, 0.4) is 0 Å². The second kappa shape index (κ2) is 9.48. The molecule has 0 radical (unpaired) electrons. The highest BCUT2D eigenvalue weighted by atomic mass is 35.5. The van der Waals surface area contributed by atoms with Gasteiger partial charge in [0.05, 0.1) is 23.5 Å². The van der Waals surface area contributed by atoms with Crippen LogP contribution in [0.1, 0.15) is 0 Å². The van der Waals surface area contributed by atoms with Crippen LogP contribution < -0.4 is 15.0 Å². The summed E-state index contributed by atoms with van der Waals surface area (Å²) in [7, 11) is 1.56. The summed E-state index contributed by atoms with van der Waals surface area (Å²) in [5, 5.41) is 3.49.